The smallest absolute Gasteiger partial charge is 0.0392 e. The van der Waals surface area contributed by atoms with Gasteiger partial charge in [0, 0.05) is 0 Å². The van der Waals surface area contributed by atoms with Crippen molar-refractivity contribution in [3.05, 3.63) is 69.8 Å². The molecule has 0 atom stereocenters. The minimum Gasteiger partial charge on any atom is -0.0776 e. The molecule has 19 heavy (non-hydrogen) atoms. The average molecular weight is 256 g/mol. The van der Waals surface area contributed by atoms with Gasteiger partial charge in [-0.15, -0.1) is 0 Å². The first-order valence-electron chi connectivity index (χ1n) is 6.48. The molecule has 0 unspecified atom stereocenters. The molecule has 0 heteroatoms. The summed E-state index contributed by atoms with van der Waals surface area (Å²) in [4.78, 5) is 0. The number of hydrogen-bond donors (Lipinski definition) is 0. The molecule has 0 heterocycles. The van der Waals surface area contributed by atoms with Crippen molar-refractivity contribution in [3.63, 3.8) is 0 Å². The molecule has 0 saturated heterocycles. The van der Waals surface area contributed by atoms with Crippen LogP contribution in [0.15, 0.2) is 36.4 Å². The van der Waals surface area contributed by atoms with Gasteiger partial charge >= 0.3 is 0 Å². The Bertz CT molecular complexity index is 501. The Balaban J connectivity index is 0.000000324. The van der Waals surface area contributed by atoms with Crippen molar-refractivity contribution in [1.29, 1.82) is 0 Å². The van der Waals surface area contributed by atoms with Crippen LogP contribution >= 0.6 is 0 Å². The summed E-state index contributed by atoms with van der Waals surface area (Å²) >= 11 is 0. The van der Waals surface area contributed by atoms with Crippen molar-refractivity contribution in [3.8, 4) is 0 Å². The van der Waals surface area contributed by atoms with Crippen molar-refractivity contribution >= 4 is 0 Å². The van der Waals surface area contributed by atoms with E-state index >= 15 is 0 Å². The molecule has 0 aliphatic carbocycles. The molecule has 0 bridgehead atoms. The fraction of sp³-hybridized carbons (Fsp3) is 0.368. The topological polar surface area (TPSA) is 0 Å². The maximum atomic E-state index is 2.20. The predicted molar refractivity (Wildman–Crippen MR) is 88.0 cm³/mol. The summed E-state index contributed by atoms with van der Waals surface area (Å²) in [6.45, 7) is 12.8. The van der Waals surface area contributed by atoms with Gasteiger partial charge in [0.25, 0.3) is 0 Å². The van der Waals surface area contributed by atoms with Crippen LogP contribution in [0.1, 0.15) is 40.8 Å². The van der Waals surface area contributed by atoms with Gasteiger partial charge in [-0.1, -0.05) is 49.4 Å². The largest absolute Gasteiger partial charge is 0.0776 e. The minimum atomic E-state index is 0. The molecule has 0 nitrogen and oxygen atoms in total. The third kappa shape index (κ3) is 5.30. The van der Waals surface area contributed by atoms with Crippen molar-refractivity contribution in [2.24, 2.45) is 0 Å². The van der Waals surface area contributed by atoms with Crippen molar-refractivity contribution < 1.29 is 0 Å². The van der Waals surface area contributed by atoms with E-state index in [0.29, 0.717) is 0 Å². The monoisotopic (exact) mass is 256 g/mol. The van der Waals surface area contributed by atoms with Crippen molar-refractivity contribution in [2.75, 3.05) is 0 Å². The summed E-state index contributed by atoms with van der Waals surface area (Å²) in [5.74, 6) is 0. The first-order chi connectivity index (χ1) is 8.41. The highest BCUT2D eigenvalue weighted by atomic mass is 14.0. The summed E-state index contributed by atoms with van der Waals surface area (Å²) in [5.41, 5.74) is 8.29. The van der Waals surface area contributed by atoms with Crippen LogP contribution in [-0.4, -0.2) is 0 Å². The number of benzene rings is 2. The Morgan fingerprint density at radius 1 is 0.579 bits per heavy atom. The van der Waals surface area contributed by atoms with Gasteiger partial charge in [0.15, 0.2) is 0 Å². The Morgan fingerprint density at radius 2 is 1.11 bits per heavy atom. The summed E-state index contributed by atoms with van der Waals surface area (Å²) in [6.07, 6.45) is 0. The number of aryl methyl sites for hydroxylation is 5. The fourth-order valence-corrected chi connectivity index (χ4v) is 1.79. The highest BCUT2D eigenvalue weighted by molar-refractivity contribution is 5.31. The molecular weight excluding hydrogens is 228 g/mol. The quantitative estimate of drug-likeness (QED) is 0.554. The van der Waals surface area contributed by atoms with E-state index in [9.17, 15) is 0 Å². The first kappa shape index (κ1) is 17.4. The summed E-state index contributed by atoms with van der Waals surface area (Å²) in [7, 11) is 0. The van der Waals surface area contributed by atoms with E-state index in [1.165, 1.54) is 33.4 Å². The maximum Gasteiger partial charge on any atom is -0.0392 e. The molecule has 0 saturated carbocycles. The molecule has 0 radical (unpaired) electrons. The van der Waals surface area contributed by atoms with Crippen LogP contribution in [-0.2, 0) is 0 Å². The fourth-order valence-electron chi connectivity index (χ4n) is 1.79. The van der Waals surface area contributed by atoms with Gasteiger partial charge in [0.1, 0.15) is 0 Å². The Hall–Kier alpha value is -1.56. The average Bonchev–Trinajstić information content (AvgIpc) is 2.32. The van der Waals surface area contributed by atoms with Crippen LogP contribution in [0.5, 0.6) is 0 Å². The van der Waals surface area contributed by atoms with Crippen LogP contribution in [0.25, 0.3) is 0 Å². The lowest BCUT2D eigenvalue weighted by atomic mass is 10.1. The molecule has 0 aliphatic rings. The third-order valence-electron chi connectivity index (χ3n) is 3.54. The van der Waals surface area contributed by atoms with Crippen LogP contribution in [0, 0.1) is 41.5 Å². The Kier molecular flexibility index (Phi) is 7.14. The van der Waals surface area contributed by atoms with Crippen LogP contribution in [0.2, 0.25) is 0 Å². The molecule has 0 N–H and O–H groups in total. The lowest BCUT2D eigenvalue weighted by Crippen LogP contribution is -1.82. The van der Waals surface area contributed by atoms with E-state index in [1.54, 1.807) is 0 Å². The standard InChI is InChI=1S/2C9H12.CH4/c1-7-4-5-8(2)9(3)6-7;1-7-5-4-6-8(2)9(7)3;/h2*4-6H,1-3H3;1H4. The second kappa shape index (κ2) is 7.78. The van der Waals surface area contributed by atoms with Gasteiger partial charge in [-0.3, -0.25) is 0 Å². The van der Waals surface area contributed by atoms with Gasteiger partial charge in [-0.2, -0.15) is 0 Å². The summed E-state index contributed by atoms with van der Waals surface area (Å²) in [6, 6.07) is 12.9. The van der Waals surface area contributed by atoms with Gasteiger partial charge in [0.2, 0.25) is 0 Å². The molecular formula is C19H28. The van der Waals surface area contributed by atoms with E-state index in [-0.39, 0.29) is 7.43 Å². The third-order valence-corrected chi connectivity index (χ3v) is 3.54. The molecule has 0 spiro atoms. The molecule has 2 aromatic carbocycles. The zero-order valence-corrected chi connectivity index (χ0v) is 12.5. The zero-order valence-electron chi connectivity index (χ0n) is 12.5. The maximum absolute atomic E-state index is 2.20. The molecule has 0 fully saturated rings. The normalized spacial score (nSPS) is 9.16. The molecule has 0 amide bonds. The van der Waals surface area contributed by atoms with Gasteiger partial charge in [-0.05, 0) is 69.4 Å². The number of hydrogen-bond acceptors (Lipinski definition) is 0. The lowest BCUT2D eigenvalue weighted by Gasteiger charge is -2.00. The van der Waals surface area contributed by atoms with Crippen LogP contribution in [0.4, 0.5) is 0 Å². The Labute approximate surface area is 119 Å². The van der Waals surface area contributed by atoms with Gasteiger partial charge in [0.05, 0.1) is 0 Å². The van der Waals surface area contributed by atoms with Gasteiger partial charge in [-0.25, -0.2) is 0 Å². The minimum absolute atomic E-state index is 0. The summed E-state index contributed by atoms with van der Waals surface area (Å²) < 4.78 is 0. The molecule has 104 valence electrons. The van der Waals surface area contributed by atoms with E-state index < -0.39 is 0 Å². The molecule has 0 aliphatic heterocycles. The first-order valence-corrected chi connectivity index (χ1v) is 6.48. The molecule has 0 aromatic heterocycles. The van der Waals surface area contributed by atoms with Gasteiger partial charge < -0.3 is 0 Å². The van der Waals surface area contributed by atoms with Crippen molar-refractivity contribution in [1.82, 2.24) is 0 Å². The van der Waals surface area contributed by atoms with Crippen molar-refractivity contribution in [2.45, 2.75) is 49.0 Å². The lowest BCUT2D eigenvalue weighted by molar-refractivity contribution is 1.27. The highest BCUT2D eigenvalue weighted by Gasteiger charge is 1.92. The second-order valence-electron chi connectivity index (χ2n) is 5.10. The van der Waals surface area contributed by atoms with E-state index in [4.69, 9.17) is 0 Å². The van der Waals surface area contributed by atoms with E-state index in [2.05, 4.69) is 77.9 Å². The Morgan fingerprint density at radius 3 is 1.47 bits per heavy atom. The number of rotatable bonds is 0. The zero-order chi connectivity index (χ0) is 13.7. The van der Waals surface area contributed by atoms with E-state index in [0.717, 1.165) is 0 Å². The highest BCUT2D eigenvalue weighted by Crippen LogP contribution is 2.10. The van der Waals surface area contributed by atoms with Crippen LogP contribution in [0.3, 0.4) is 0 Å². The summed E-state index contributed by atoms with van der Waals surface area (Å²) in [5, 5.41) is 0. The second-order valence-corrected chi connectivity index (χ2v) is 5.10. The predicted octanol–water partition coefficient (Wildman–Crippen LogP) is 5.86. The van der Waals surface area contributed by atoms with E-state index in [1.807, 2.05) is 0 Å². The van der Waals surface area contributed by atoms with Crippen LogP contribution < -0.4 is 0 Å². The SMILES string of the molecule is C.Cc1ccc(C)c(C)c1.Cc1cccc(C)c1C. The molecule has 2 rings (SSSR count). The molecule has 2 aromatic rings.